The Labute approximate surface area is 174 Å². The van der Waals surface area contributed by atoms with E-state index in [1.807, 2.05) is 0 Å². The lowest BCUT2D eigenvalue weighted by Gasteiger charge is -2.08. The summed E-state index contributed by atoms with van der Waals surface area (Å²) in [6.07, 6.45) is 1.33. The van der Waals surface area contributed by atoms with Gasteiger partial charge in [0.25, 0.3) is 5.56 Å². The maximum atomic E-state index is 13.1. The van der Waals surface area contributed by atoms with Gasteiger partial charge in [-0.3, -0.25) is 9.59 Å². The van der Waals surface area contributed by atoms with Crippen LogP contribution in [0, 0.1) is 5.82 Å². The highest BCUT2D eigenvalue weighted by atomic mass is 35.5. The minimum atomic E-state index is -0.485. The van der Waals surface area contributed by atoms with Crippen molar-refractivity contribution in [2.45, 2.75) is 6.54 Å². The molecule has 0 fully saturated rings. The molecule has 0 saturated carbocycles. The summed E-state index contributed by atoms with van der Waals surface area (Å²) in [5.41, 5.74) is 1.36. The topological polar surface area (TPSA) is 90.5 Å². The minimum absolute atomic E-state index is 0.240. The van der Waals surface area contributed by atoms with Gasteiger partial charge < -0.3 is 10.1 Å². The van der Waals surface area contributed by atoms with Gasteiger partial charge in [-0.15, -0.1) is 0 Å². The summed E-state index contributed by atoms with van der Waals surface area (Å²) in [6, 6.07) is 12.1. The van der Waals surface area contributed by atoms with Crippen LogP contribution in [0.15, 0.2) is 59.7 Å². The van der Waals surface area contributed by atoms with Crippen LogP contribution in [0.3, 0.4) is 0 Å². The maximum absolute atomic E-state index is 13.1. The molecule has 0 spiro atoms. The molecule has 0 unspecified atom stereocenters. The molecule has 4 aromatic rings. The smallest absolute Gasteiger partial charge is 0.293 e. The summed E-state index contributed by atoms with van der Waals surface area (Å²) in [7, 11) is 1.49. The fourth-order valence-corrected chi connectivity index (χ4v) is 3.15. The minimum Gasteiger partial charge on any atom is -0.495 e. The second kappa shape index (κ2) is 7.96. The fraction of sp³-hybridized carbons (Fsp3) is 0.100. The van der Waals surface area contributed by atoms with Gasteiger partial charge in [-0.05, 0) is 48.5 Å². The lowest BCUT2D eigenvalue weighted by Crippen LogP contribution is -2.30. The second-order valence-electron chi connectivity index (χ2n) is 6.36. The standard InChI is InChI=1S/C20H15ClFN5O3/c1-30-18-7-6-14(8-15(18)21)24-19(28)10-26-20(29)17-9-16(25-27(17)11-23-26)12-2-4-13(22)5-3-12/h2-9,11H,10H2,1H3,(H,24,28). The lowest BCUT2D eigenvalue weighted by atomic mass is 10.1. The maximum Gasteiger partial charge on any atom is 0.293 e. The first-order valence-electron chi connectivity index (χ1n) is 8.79. The number of nitrogens with one attached hydrogen (secondary N) is 1. The van der Waals surface area contributed by atoms with Gasteiger partial charge in [0.2, 0.25) is 5.91 Å². The molecule has 0 aliphatic rings. The van der Waals surface area contributed by atoms with Gasteiger partial charge in [-0.1, -0.05) is 11.6 Å². The fourth-order valence-electron chi connectivity index (χ4n) is 2.89. The van der Waals surface area contributed by atoms with Gasteiger partial charge in [0.15, 0.2) is 0 Å². The van der Waals surface area contributed by atoms with Crippen LogP contribution in [-0.4, -0.2) is 32.4 Å². The molecule has 1 amide bonds. The van der Waals surface area contributed by atoms with Gasteiger partial charge >= 0.3 is 0 Å². The molecule has 0 radical (unpaired) electrons. The predicted octanol–water partition coefficient (Wildman–Crippen LogP) is 3.00. The van der Waals surface area contributed by atoms with E-state index in [0.29, 0.717) is 27.7 Å². The number of benzene rings is 2. The van der Waals surface area contributed by atoms with Crippen LogP contribution in [0.5, 0.6) is 5.75 Å². The molecule has 8 nitrogen and oxygen atoms in total. The Morgan fingerprint density at radius 2 is 1.97 bits per heavy atom. The third-order valence-electron chi connectivity index (χ3n) is 4.36. The van der Waals surface area contributed by atoms with Gasteiger partial charge in [0.1, 0.15) is 30.0 Å². The van der Waals surface area contributed by atoms with Crippen molar-refractivity contribution in [2.24, 2.45) is 0 Å². The summed E-state index contributed by atoms with van der Waals surface area (Å²) in [5, 5.41) is 11.3. The van der Waals surface area contributed by atoms with Crippen LogP contribution in [0.4, 0.5) is 10.1 Å². The highest BCUT2D eigenvalue weighted by molar-refractivity contribution is 6.32. The van der Waals surface area contributed by atoms with E-state index in [1.165, 1.54) is 30.1 Å². The second-order valence-corrected chi connectivity index (χ2v) is 6.76. The highest BCUT2D eigenvalue weighted by Gasteiger charge is 2.13. The molecule has 2 heterocycles. The van der Waals surface area contributed by atoms with Crippen LogP contribution in [0.2, 0.25) is 5.02 Å². The molecule has 0 atom stereocenters. The molecule has 0 bridgehead atoms. The van der Waals surface area contributed by atoms with Crippen molar-refractivity contribution in [2.75, 3.05) is 12.4 Å². The predicted molar refractivity (Wildman–Crippen MR) is 109 cm³/mol. The number of carbonyl (C=O) groups excluding carboxylic acids is 1. The number of rotatable bonds is 5. The van der Waals surface area contributed by atoms with Crippen molar-refractivity contribution in [3.05, 3.63) is 76.1 Å². The zero-order chi connectivity index (χ0) is 21.3. The van der Waals surface area contributed by atoms with Gasteiger partial charge in [0.05, 0.1) is 17.8 Å². The Kier molecular flexibility index (Phi) is 5.20. The lowest BCUT2D eigenvalue weighted by molar-refractivity contribution is -0.117. The summed E-state index contributed by atoms with van der Waals surface area (Å²) >= 11 is 6.05. The Balaban J connectivity index is 1.56. The Morgan fingerprint density at radius 1 is 1.20 bits per heavy atom. The zero-order valence-corrected chi connectivity index (χ0v) is 16.4. The van der Waals surface area contributed by atoms with E-state index in [1.54, 1.807) is 36.4 Å². The van der Waals surface area contributed by atoms with Gasteiger partial charge in [-0.2, -0.15) is 10.2 Å². The number of fused-ring (bicyclic) bond motifs is 1. The SMILES string of the molecule is COc1ccc(NC(=O)Cn2ncn3nc(-c4ccc(F)cc4)cc3c2=O)cc1Cl. The van der Waals surface area contributed by atoms with Crippen molar-refractivity contribution < 1.29 is 13.9 Å². The third-order valence-corrected chi connectivity index (χ3v) is 4.65. The zero-order valence-electron chi connectivity index (χ0n) is 15.7. The molecule has 0 aliphatic carbocycles. The molecule has 0 aliphatic heterocycles. The van der Waals surface area contributed by atoms with Crippen molar-refractivity contribution in [3.63, 3.8) is 0 Å². The quantitative estimate of drug-likeness (QED) is 0.528. The van der Waals surface area contributed by atoms with Crippen molar-refractivity contribution in [1.29, 1.82) is 0 Å². The van der Waals surface area contributed by atoms with Crippen molar-refractivity contribution in [1.82, 2.24) is 19.4 Å². The van der Waals surface area contributed by atoms with Crippen molar-refractivity contribution >= 4 is 28.7 Å². The Bertz CT molecular complexity index is 1300. The number of ether oxygens (including phenoxy) is 1. The molecule has 0 saturated heterocycles. The number of amides is 1. The molecule has 10 heteroatoms. The van der Waals surface area contributed by atoms with Gasteiger partial charge in [0, 0.05) is 11.3 Å². The molecule has 30 heavy (non-hydrogen) atoms. The summed E-state index contributed by atoms with van der Waals surface area (Å²) < 4.78 is 20.5. The molecule has 2 aromatic heterocycles. The van der Waals surface area contributed by atoms with Crippen LogP contribution in [0.1, 0.15) is 0 Å². The number of methoxy groups -OCH3 is 1. The third kappa shape index (κ3) is 3.87. The van der Waals surface area contributed by atoms with E-state index in [4.69, 9.17) is 16.3 Å². The average molecular weight is 428 g/mol. The molecular formula is C20H15ClFN5O3. The van der Waals surface area contributed by atoms with Crippen LogP contribution in [-0.2, 0) is 11.3 Å². The number of hydrogen-bond acceptors (Lipinski definition) is 5. The molecule has 152 valence electrons. The summed E-state index contributed by atoms with van der Waals surface area (Å²) in [4.78, 5) is 25.1. The number of carbonyl (C=O) groups is 1. The number of nitrogens with zero attached hydrogens (tertiary/aromatic N) is 4. The number of anilines is 1. The first-order valence-corrected chi connectivity index (χ1v) is 9.17. The van der Waals surface area contributed by atoms with E-state index in [9.17, 15) is 14.0 Å². The van der Waals surface area contributed by atoms with E-state index >= 15 is 0 Å². The Morgan fingerprint density at radius 3 is 2.67 bits per heavy atom. The Hall–Kier alpha value is -3.72. The summed E-state index contributed by atoms with van der Waals surface area (Å²) in [5.74, 6) is -0.333. The van der Waals surface area contributed by atoms with E-state index in [-0.39, 0.29) is 17.9 Å². The first kappa shape index (κ1) is 19.6. The highest BCUT2D eigenvalue weighted by Crippen LogP contribution is 2.27. The number of aromatic nitrogens is 4. The molecule has 1 N–H and O–H groups in total. The molecule has 4 rings (SSSR count). The monoisotopic (exact) mass is 427 g/mol. The van der Waals surface area contributed by atoms with Crippen LogP contribution in [0.25, 0.3) is 16.8 Å². The number of halogens is 2. The number of hydrogen-bond donors (Lipinski definition) is 1. The van der Waals surface area contributed by atoms with Crippen LogP contribution < -0.4 is 15.6 Å². The first-order chi connectivity index (χ1) is 14.4. The van der Waals surface area contributed by atoms with E-state index < -0.39 is 11.5 Å². The molecule has 2 aromatic carbocycles. The van der Waals surface area contributed by atoms with Crippen LogP contribution >= 0.6 is 11.6 Å². The molecular weight excluding hydrogens is 413 g/mol. The van der Waals surface area contributed by atoms with Gasteiger partial charge in [-0.25, -0.2) is 13.6 Å². The normalized spacial score (nSPS) is 10.9. The van der Waals surface area contributed by atoms with E-state index in [0.717, 1.165) is 4.68 Å². The summed E-state index contributed by atoms with van der Waals surface area (Å²) in [6.45, 7) is -0.296. The van der Waals surface area contributed by atoms with Crippen molar-refractivity contribution in [3.8, 4) is 17.0 Å². The van der Waals surface area contributed by atoms with E-state index in [2.05, 4.69) is 15.5 Å². The largest absolute Gasteiger partial charge is 0.495 e. The average Bonchev–Trinajstić information content (AvgIpc) is 3.16.